The van der Waals surface area contributed by atoms with E-state index in [1.165, 1.54) is 28.4 Å². The fraction of sp³-hybridized carbons (Fsp3) is 0.267. The number of anilines is 2. The minimum Gasteiger partial charge on any atom is -0.508 e. The summed E-state index contributed by atoms with van der Waals surface area (Å²) >= 11 is 1.24. The minimum absolute atomic E-state index is 0.0117. The monoisotopic (exact) mass is 606 g/mol. The summed E-state index contributed by atoms with van der Waals surface area (Å²) in [5.74, 6) is -7.42. The Morgan fingerprint density at radius 1 is 1.14 bits per heavy atom. The maximum atomic E-state index is 14.0. The Bertz CT molecular complexity index is 1780. The van der Waals surface area contributed by atoms with E-state index in [1.807, 2.05) is 0 Å². The Balaban J connectivity index is 1.40. The highest BCUT2D eigenvalue weighted by Gasteiger charge is 2.64. The number of carbonyl (C=O) groups is 3. The van der Waals surface area contributed by atoms with Crippen LogP contribution in [0, 0.1) is 17.7 Å². The number of hydrogen-bond acceptors (Lipinski definition) is 11. The predicted octanol–water partition coefficient (Wildman–Crippen LogP) is 2.97. The third-order valence-electron chi connectivity index (χ3n) is 8.48. The first-order valence-electron chi connectivity index (χ1n) is 13.3. The first kappa shape index (κ1) is 28.5. The molecule has 0 unspecified atom stereocenters. The zero-order valence-electron chi connectivity index (χ0n) is 23.0. The van der Waals surface area contributed by atoms with E-state index in [4.69, 9.17) is 5.73 Å². The molecule has 1 aromatic heterocycles. The van der Waals surface area contributed by atoms with Crippen LogP contribution >= 0.6 is 11.3 Å². The van der Waals surface area contributed by atoms with Gasteiger partial charge in [-0.2, -0.15) is 0 Å². The number of aliphatic hydroxyl groups excluding tert-OH is 2. The Morgan fingerprint density at radius 2 is 1.84 bits per heavy atom. The summed E-state index contributed by atoms with van der Waals surface area (Å²) in [5.41, 5.74) is 3.52. The van der Waals surface area contributed by atoms with E-state index >= 15 is 0 Å². The van der Waals surface area contributed by atoms with Gasteiger partial charge in [0.05, 0.1) is 23.0 Å². The molecule has 3 aliphatic rings. The lowest BCUT2D eigenvalue weighted by Crippen LogP contribution is -2.65. The topological polar surface area (TPSA) is 186 Å². The zero-order valence-corrected chi connectivity index (χ0v) is 23.8. The number of likely N-dealkylation sites (N-methyl/N-ethyl adjacent to an activating group) is 1. The minimum atomic E-state index is -2.70. The fourth-order valence-corrected chi connectivity index (χ4v) is 7.25. The van der Waals surface area contributed by atoms with E-state index in [-0.39, 0.29) is 41.2 Å². The number of carbonyl (C=O) groups excluding carboxylic acids is 3. The highest BCUT2D eigenvalue weighted by molar-refractivity contribution is 7.14. The van der Waals surface area contributed by atoms with Gasteiger partial charge in [-0.3, -0.25) is 19.3 Å². The molecule has 11 nitrogen and oxygen atoms in total. The standard InChI is InChI=1S/C30H27FN4O7S/c1-35(2)22-16-10-14-9-13-5-8-17(33-29-34-18(11-43-29)12-3-6-15(31)7-4-12)23(36)19(13)24(37)20(14)26(39)30(16,42)27(40)21(25(22)38)28(32)41/h3-8,11,14,16,22,36-37,40,42H,9-10H2,1-2H3,(H2,32,41)(H,33,34)/t14-,16-,22-,30-/m1/s1. The van der Waals surface area contributed by atoms with Gasteiger partial charge < -0.3 is 31.5 Å². The number of phenols is 1. The average Bonchev–Trinajstić information content (AvgIpc) is 3.41. The van der Waals surface area contributed by atoms with Crippen molar-refractivity contribution in [3.8, 4) is 17.0 Å². The molecule has 3 aromatic rings. The smallest absolute Gasteiger partial charge is 0.255 e. The molecule has 4 atom stereocenters. The van der Waals surface area contributed by atoms with Gasteiger partial charge in [0.1, 0.15) is 28.7 Å². The Hall–Kier alpha value is -4.59. The number of nitrogens with one attached hydrogen (secondary N) is 1. The predicted molar refractivity (Wildman–Crippen MR) is 155 cm³/mol. The molecule has 6 rings (SSSR count). The van der Waals surface area contributed by atoms with Crippen LogP contribution in [0.2, 0.25) is 0 Å². The van der Waals surface area contributed by atoms with Crippen molar-refractivity contribution in [3.05, 3.63) is 75.6 Å². The first-order valence-corrected chi connectivity index (χ1v) is 14.2. The number of primary amides is 1. The lowest BCUT2D eigenvalue weighted by molar-refractivity contribution is -0.153. The van der Waals surface area contributed by atoms with Crippen molar-refractivity contribution >= 4 is 45.4 Å². The quantitative estimate of drug-likeness (QED) is 0.186. The van der Waals surface area contributed by atoms with Crippen LogP contribution in [0.4, 0.5) is 15.2 Å². The van der Waals surface area contributed by atoms with Gasteiger partial charge in [0.15, 0.2) is 16.5 Å². The number of ketones is 2. The van der Waals surface area contributed by atoms with Crippen molar-refractivity contribution in [2.24, 2.45) is 17.6 Å². The number of aliphatic hydroxyl groups is 3. The van der Waals surface area contributed by atoms with Gasteiger partial charge in [0, 0.05) is 22.4 Å². The van der Waals surface area contributed by atoms with Crippen LogP contribution in [-0.4, -0.2) is 73.5 Å². The summed E-state index contributed by atoms with van der Waals surface area (Å²) in [6, 6.07) is 7.97. The SMILES string of the molecule is CN(C)[C@H]1C(=O)C(C(N)=O)=C(O)[C@]2(O)C(=O)C3=C(O)c4c(ccc(Nc5nc(-c6ccc(F)cc6)cs5)c4O)C[C@@H]3C[C@H]12. The Morgan fingerprint density at radius 3 is 2.49 bits per heavy atom. The van der Waals surface area contributed by atoms with Crippen molar-refractivity contribution in [1.29, 1.82) is 0 Å². The van der Waals surface area contributed by atoms with Crippen molar-refractivity contribution in [3.63, 3.8) is 0 Å². The van der Waals surface area contributed by atoms with Gasteiger partial charge in [0.2, 0.25) is 5.78 Å². The largest absolute Gasteiger partial charge is 0.508 e. The number of Topliss-reactive ketones (excluding diaryl/α,β-unsaturated/α-hetero) is 2. The van der Waals surface area contributed by atoms with Crippen LogP contribution in [0.15, 0.2) is 58.7 Å². The molecule has 43 heavy (non-hydrogen) atoms. The van der Waals surface area contributed by atoms with Crippen LogP contribution in [0.5, 0.6) is 5.75 Å². The zero-order chi connectivity index (χ0) is 31.0. The molecule has 0 bridgehead atoms. The van der Waals surface area contributed by atoms with Crippen molar-refractivity contribution < 1.29 is 39.2 Å². The van der Waals surface area contributed by atoms with E-state index in [0.717, 1.165) is 0 Å². The molecule has 0 saturated heterocycles. The highest BCUT2D eigenvalue weighted by Crippen LogP contribution is 2.53. The lowest BCUT2D eigenvalue weighted by atomic mass is 9.57. The number of thiazole rings is 1. The number of rotatable bonds is 5. The first-order chi connectivity index (χ1) is 20.3. The fourth-order valence-electron chi connectivity index (χ4n) is 6.52. The average molecular weight is 607 g/mol. The van der Waals surface area contributed by atoms with E-state index in [9.17, 15) is 39.2 Å². The van der Waals surface area contributed by atoms with Gasteiger partial charge >= 0.3 is 0 Å². The number of phenolic OH excluding ortho intramolecular Hbond substituents is 1. The summed E-state index contributed by atoms with van der Waals surface area (Å²) in [5, 5.41) is 50.5. The summed E-state index contributed by atoms with van der Waals surface area (Å²) < 4.78 is 13.3. The Labute approximate surface area is 248 Å². The third kappa shape index (κ3) is 4.22. The second-order valence-electron chi connectivity index (χ2n) is 11.1. The number of halogens is 1. The molecule has 222 valence electrons. The number of aromatic nitrogens is 1. The number of fused-ring (bicyclic) bond motifs is 3. The molecule has 1 amide bonds. The van der Waals surface area contributed by atoms with Crippen LogP contribution < -0.4 is 11.1 Å². The van der Waals surface area contributed by atoms with Gasteiger partial charge in [-0.1, -0.05) is 6.07 Å². The molecular weight excluding hydrogens is 579 g/mol. The summed E-state index contributed by atoms with van der Waals surface area (Å²) in [4.78, 5) is 45.2. The van der Waals surface area contributed by atoms with Gasteiger partial charge in [-0.25, -0.2) is 9.37 Å². The summed E-state index contributed by atoms with van der Waals surface area (Å²) in [6.45, 7) is 0. The molecule has 7 N–H and O–H groups in total. The number of amides is 1. The molecule has 13 heteroatoms. The van der Waals surface area contributed by atoms with Crippen molar-refractivity contribution in [1.82, 2.24) is 9.88 Å². The normalized spacial score (nSPS) is 25.0. The molecule has 1 fully saturated rings. The van der Waals surface area contributed by atoms with Crippen LogP contribution in [-0.2, 0) is 20.8 Å². The van der Waals surface area contributed by atoms with E-state index in [1.54, 1.807) is 43.7 Å². The molecule has 0 radical (unpaired) electrons. The van der Waals surface area contributed by atoms with Crippen LogP contribution in [0.3, 0.4) is 0 Å². The molecule has 0 aliphatic heterocycles. The summed E-state index contributed by atoms with van der Waals surface area (Å²) in [7, 11) is 3.09. The molecule has 2 aromatic carbocycles. The third-order valence-corrected chi connectivity index (χ3v) is 9.24. The maximum Gasteiger partial charge on any atom is 0.255 e. The molecular formula is C30H27FN4O7S. The Kier molecular flexibility index (Phi) is 6.64. The molecule has 3 aliphatic carbocycles. The van der Waals surface area contributed by atoms with Crippen LogP contribution in [0.1, 0.15) is 17.5 Å². The maximum absolute atomic E-state index is 14.0. The van der Waals surface area contributed by atoms with E-state index in [0.29, 0.717) is 22.0 Å². The number of nitrogens with zero attached hydrogens (tertiary/aromatic N) is 2. The highest BCUT2D eigenvalue weighted by atomic mass is 32.1. The second-order valence-corrected chi connectivity index (χ2v) is 12.0. The molecule has 1 heterocycles. The molecule has 0 spiro atoms. The van der Waals surface area contributed by atoms with Gasteiger partial charge in [0.25, 0.3) is 5.91 Å². The molecule has 1 saturated carbocycles. The van der Waals surface area contributed by atoms with Crippen molar-refractivity contribution in [2.75, 3.05) is 19.4 Å². The lowest BCUT2D eigenvalue weighted by Gasteiger charge is -2.50. The second kappa shape index (κ2) is 10.0. The van der Waals surface area contributed by atoms with Gasteiger partial charge in [-0.15, -0.1) is 11.3 Å². The number of benzene rings is 2. The number of aromatic hydroxyl groups is 1. The number of hydrogen-bond donors (Lipinski definition) is 6. The van der Waals surface area contributed by atoms with Crippen molar-refractivity contribution in [2.45, 2.75) is 24.5 Å². The van der Waals surface area contributed by atoms with E-state index < -0.39 is 58.0 Å². The number of nitrogens with two attached hydrogens (primary N) is 1. The summed E-state index contributed by atoms with van der Waals surface area (Å²) in [6.07, 6.45) is 0.201. The van der Waals surface area contributed by atoms with Gasteiger partial charge in [-0.05, 0) is 68.8 Å². The van der Waals surface area contributed by atoms with E-state index in [2.05, 4.69) is 10.3 Å². The van der Waals surface area contributed by atoms with Crippen LogP contribution in [0.25, 0.3) is 17.0 Å².